The van der Waals surface area contributed by atoms with Crippen LogP contribution in [0.2, 0.25) is 0 Å². The second-order valence-corrected chi connectivity index (χ2v) is 7.72. The van der Waals surface area contributed by atoms with Gasteiger partial charge in [0.15, 0.2) is 5.82 Å². The lowest BCUT2D eigenvalue weighted by molar-refractivity contribution is -0.139. The number of rotatable bonds is 7. The Morgan fingerprint density at radius 2 is 1.90 bits per heavy atom. The molecule has 1 heterocycles. The molecule has 0 unspecified atom stereocenters. The molecular weight excluding hydrogens is 425 g/mol. The Balaban J connectivity index is 2.22. The van der Waals surface area contributed by atoms with Gasteiger partial charge < -0.3 is 9.47 Å². The quantitative estimate of drug-likeness (QED) is 0.371. The number of alkyl halides is 3. The zero-order valence-electron chi connectivity index (χ0n) is 17.7. The minimum absolute atomic E-state index is 0.183. The third-order valence-electron chi connectivity index (χ3n) is 4.60. The highest BCUT2D eigenvalue weighted by molar-refractivity contribution is 7.03. The van der Waals surface area contributed by atoms with Crippen molar-refractivity contribution in [3.63, 3.8) is 0 Å². The van der Waals surface area contributed by atoms with Gasteiger partial charge in [0.25, 0.3) is 0 Å². The summed E-state index contributed by atoms with van der Waals surface area (Å²) in [6, 6.07) is 7.82. The van der Waals surface area contributed by atoms with E-state index in [0.29, 0.717) is 23.4 Å². The first-order valence-electron chi connectivity index (χ1n) is 9.75. The van der Waals surface area contributed by atoms with Gasteiger partial charge in [0.2, 0.25) is 0 Å². The lowest BCUT2D eigenvalue weighted by atomic mass is 9.91. The Bertz CT molecular complexity index is 1060. The van der Waals surface area contributed by atoms with Crippen LogP contribution in [0.5, 0.6) is 5.75 Å². The molecule has 0 spiro atoms. The molecule has 0 aliphatic heterocycles. The van der Waals surface area contributed by atoms with Crippen LogP contribution in [-0.2, 0) is 17.3 Å². The monoisotopic (exact) mass is 448 g/mol. The smallest absolute Gasteiger partial charge is 0.419 e. The molecule has 0 aliphatic carbocycles. The van der Waals surface area contributed by atoms with Gasteiger partial charge in [0, 0.05) is 5.56 Å². The summed E-state index contributed by atoms with van der Waals surface area (Å²) in [6.07, 6.45) is -0.880. The van der Waals surface area contributed by atoms with Crippen LogP contribution in [0.4, 0.5) is 13.2 Å². The fraction of sp³-hybridized carbons (Fsp3) is 0.304. The van der Waals surface area contributed by atoms with Crippen molar-refractivity contribution in [2.45, 2.75) is 39.5 Å². The number of ether oxygens (including phenoxy) is 2. The average molecular weight is 449 g/mol. The number of hydrogen-bond acceptors (Lipinski definition) is 5. The van der Waals surface area contributed by atoms with E-state index < -0.39 is 11.7 Å². The van der Waals surface area contributed by atoms with E-state index in [1.165, 1.54) is 31.0 Å². The molecule has 0 bridgehead atoms. The van der Waals surface area contributed by atoms with Gasteiger partial charge in [0.05, 0.1) is 25.0 Å². The molecule has 0 N–H and O–H groups in total. The van der Waals surface area contributed by atoms with Crippen molar-refractivity contribution in [2.24, 2.45) is 0 Å². The number of benzene rings is 2. The number of nitrogens with zero attached hydrogens (tertiary/aromatic N) is 2. The molecule has 164 valence electrons. The first-order chi connectivity index (χ1) is 14.7. The topological polar surface area (TPSA) is 44.2 Å². The summed E-state index contributed by atoms with van der Waals surface area (Å²) in [4.78, 5) is 4.31. The standard InChI is InChI=1S/C23H23F3N2O2S/c1-5-18-16(8-9-29-4)10-17(11-19(18)22-27-13-31-28-22)15-6-7-21(30-14(2)3)20(12-15)23(24,25)26/h6-14H,5H2,1-4H3. The van der Waals surface area contributed by atoms with E-state index in [1.807, 2.05) is 19.1 Å². The highest BCUT2D eigenvalue weighted by Crippen LogP contribution is 2.40. The van der Waals surface area contributed by atoms with Crippen molar-refractivity contribution < 1.29 is 22.6 Å². The molecular formula is C23H23F3N2O2S. The third kappa shape index (κ3) is 5.25. The van der Waals surface area contributed by atoms with E-state index in [9.17, 15) is 13.2 Å². The van der Waals surface area contributed by atoms with E-state index in [2.05, 4.69) is 9.36 Å². The molecule has 0 saturated carbocycles. The fourth-order valence-electron chi connectivity index (χ4n) is 3.32. The van der Waals surface area contributed by atoms with Gasteiger partial charge >= 0.3 is 6.18 Å². The van der Waals surface area contributed by atoms with Gasteiger partial charge in [0.1, 0.15) is 11.3 Å². The van der Waals surface area contributed by atoms with Gasteiger partial charge in [-0.25, -0.2) is 4.98 Å². The molecule has 1 aromatic heterocycles. The van der Waals surface area contributed by atoms with Gasteiger partial charge in [-0.1, -0.05) is 13.0 Å². The van der Waals surface area contributed by atoms with Gasteiger partial charge in [-0.2, -0.15) is 17.5 Å². The van der Waals surface area contributed by atoms with Crippen molar-refractivity contribution >= 4 is 17.6 Å². The average Bonchev–Trinajstić information content (AvgIpc) is 3.25. The summed E-state index contributed by atoms with van der Waals surface area (Å²) in [5, 5.41) is 0. The molecule has 0 saturated heterocycles. The van der Waals surface area contributed by atoms with Crippen molar-refractivity contribution in [1.29, 1.82) is 0 Å². The Hall–Kier alpha value is -2.87. The van der Waals surface area contributed by atoms with Crippen LogP contribution in [0, 0.1) is 0 Å². The number of aromatic nitrogens is 2. The molecule has 4 nitrogen and oxygen atoms in total. The molecule has 3 aromatic rings. The maximum absolute atomic E-state index is 13.7. The minimum Gasteiger partial charge on any atom is -0.504 e. The lowest BCUT2D eigenvalue weighted by Gasteiger charge is -2.18. The van der Waals surface area contributed by atoms with Crippen LogP contribution in [0.15, 0.2) is 42.1 Å². The molecule has 0 atom stereocenters. The van der Waals surface area contributed by atoms with Crippen LogP contribution >= 0.6 is 11.5 Å². The Labute approximate surface area is 183 Å². The number of methoxy groups -OCH3 is 1. The van der Waals surface area contributed by atoms with E-state index in [1.54, 1.807) is 31.5 Å². The highest BCUT2D eigenvalue weighted by Gasteiger charge is 2.35. The second kappa shape index (κ2) is 9.51. The Kier molecular flexibility index (Phi) is 7.00. The van der Waals surface area contributed by atoms with Gasteiger partial charge in [-0.05, 0) is 84.4 Å². The van der Waals surface area contributed by atoms with Crippen LogP contribution in [0.1, 0.15) is 37.5 Å². The van der Waals surface area contributed by atoms with Crippen molar-refractivity contribution in [3.05, 3.63) is 58.8 Å². The van der Waals surface area contributed by atoms with Crippen LogP contribution < -0.4 is 4.74 Å². The highest BCUT2D eigenvalue weighted by atomic mass is 32.1. The van der Waals surface area contributed by atoms with Gasteiger partial charge in [-0.3, -0.25) is 0 Å². The molecule has 0 fully saturated rings. The van der Waals surface area contributed by atoms with E-state index in [0.717, 1.165) is 22.8 Å². The summed E-state index contributed by atoms with van der Waals surface area (Å²) < 4.78 is 56.0. The maximum atomic E-state index is 13.7. The fourth-order valence-corrected chi connectivity index (χ4v) is 3.76. The largest absolute Gasteiger partial charge is 0.504 e. The zero-order valence-corrected chi connectivity index (χ0v) is 18.5. The maximum Gasteiger partial charge on any atom is 0.419 e. The molecule has 8 heteroatoms. The van der Waals surface area contributed by atoms with E-state index in [-0.39, 0.29) is 11.9 Å². The molecule has 0 radical (unpaired) electrons. The van der Waals surface area contributed by atoms with Crippen LogP contribution in [-0.4, -0.2) is 22.6 Å². The normalized spacial score (nSPS) is 12.0. The first kappa shape index (κ1) is 22.8. The van der Waals surface area contributed by atoms with Crippen LogP contribution in [0.25, 0.3) is 28.6 Å². The molecule has 2 aromatic carbocycles. The number of hydrogen-bond donors (Lipinski definition) is 0. The first-order valence-corrected chi connectivity index (χ1v) is 10.6. The Morgan fingerprint density at radius 3 is 2.48 bits per heavy atom. The van der Waals surface area contributed by atoms with Crippen molar-refractivity contribution in [2.75, 3.05) is 7.11 Å². The predicted octanol–water partition coefficient (Wildman–Crippen LogP) is 6.86. The minimum atomic E-state index is -4.54. The SMILES string of the molecule is CCc1c(C=COC)cc(-c2ccc(OC(C)C)c(C(F)(F)F)c2)cc1-c1ncsn1. The molecule has 3 rings (SSSR count). The molecule has 31 heavy (non-hydrogen) atoms. The third-order valence-corrected chi connectivity index (χ3v) is 5.08. The lowest BCUT2D eigenvalue weighted by Crippen LogP contribution is -2.13. The second-order valence-electron chi connectivity index (χ2n) is 7.11. The van der Waals surface area contributed by atoms with Crippen LogP contribution in [0.3, 0.4) is 0 Å². The van der Waals surface area contributed by atoms with Crippen molar-refractivity contribution in [1.82, 2.24) is 9.36 Å². The van der Waals surface area contributed by atoms with E-state index in [4.69, 9.17) is 9.47 Å². The Morgan fingerprint density at radius 1 is 1.13 bits per heavy atom. The predicted molar refractivity (Wildman–Crippen MR) is 117 cm³/mol. The molecule has 0 aliphatic rings. The van der Waals surface area contributed by atoms with Crippen molar-refractivity contribution in [3.8, 4) is 28.3 Å². The summed E-state index contributed by atoms with van der Waals surface area (Å²) in [6.45, 7) is 5.40. The summed E-state index contributed by atoms with van der Waals surface area (Å²) in [7, 11) is 1.54. The van der Waals surface area contributed by atoms with Gasteiger partial charge in [-0.15, -0.1) is 0 Å². The van der Waals surface area contributed by atoms with E-state index >= 15 is 0 Å². The zero-order chi connectivity index (χ0) is 22.6. The molecule has 0 amide bonds. The summed E-state index contributed by atoms with van der Waals surface area (Å²) in [5.74, 6) is 0.365. The number of halogens is 3. The summed E-state index contributed by atoms with van der Waals surface area (Å²) in [5.41, 5.74) is 4.49. The summed E-state index contributed by atoms with van der Waals surface area (Å²) >= 11 is 1.22.